The van der Waals surface area contributed by atoms with E-state index in [0.29, 0.717) is 24.5 Å². The van der Waals surface area contributed by atoms with Crippen molar-refractivity contribution in [1.82, 2.24) is 19.5 Å². The second kappa shape index (κ2) is 6.41. The van der Waals surface area contributed by atoms with Crippen molar-refractivity contribution in [2.75, 3.05) is 31.1 Å². The van der Waals surface area contributed by atoms with Crippen molar-refractivity contribution >= 4 is 40.4 Å². The average molecular weight is 362 g/mol. The lowest BCUT2D eigenvalue weighted by atomic mass is 10.2. The number of piperazine rings is 1. The van der Waals surface area contributed by atoms with Gasteiger partial charge < -0.3 is 9.80 Å². The third-order valence-electron chi connectivity index (χ3n) is 4.20. The molecule has 124 valence electrons. The van der Waals surface area contributed by atoms with Gasteiger partial charge in [0.1, 0.15) is 0 Å². The molecular weight excluding hydrogens is 346 g/mol. The maximum absolute atomic E-state index is 12.4. The topological polar surface area (TPSA) is 53.7 Å². The molecule has 0 radical (unpaired) electrons. The van der Waals surface area contributed by atoms with Crippen molar-refractivity contribution in [3.63, 3.8) is 0 Å². The van der Waals surface area contributed by atoms with Crippen LogP contribution in [0.5, 0.6) is 0 Å². The highest BCUT2D eigenvalue weighted by Gasteiger charge is 2.24. The van der Waals surface area contributed by atoms with Crippen LogP contribution in [-0.2, 0) is 11.2 Å². The number of thiophene rings is 1. The van der Waals surface area contributed by atoms with Gasteiger partial charge >= 0.3 is 0 Å². The molecule has 1 saturated heterocycles. The lowest BCUT2D eigenvalue weighted by molar-refractivity contribution is -0.130. The lowest BCUT2D eigenvalue weighted by Gasteiger charge is -2.34. The molecule has 24 heavy (non-hydrogen) atoms. The smallest absolute Gasteiger partial charge is 0.231 e. The van der Waals surface area contributed by atoms with Crippen LogP contribution in [0, 0.1) is 0 Å². The van der Waals surface area contributed by atoms with E-state index < -0.39 is 0 Å². The molecule has 4 rings (SSSR count). The van der Waals surface area contributed by atoms with Gasteiger partial charge in [0.25, 0.3) is 0 Å². The van der Waals surface area contributed by atoms with Crippen LogP contribution in [0.2, 0.25) is 5.02 Å². The third kappa shape index (κ3) is 2.97. The summed E-state index contributed by atoms with van der Waals surface area (Å²) < 4.78 is 1.89. The van der Waals surface area contributed by atoms with E-state index in [2.05, 4.69) is 15.1 Å². The number of pyridine rings is 1. The Kier molecular flexibility index (Phi) is 4.12. The van der Waals surface area contributed by atoms with Gasteiger partial charge in [0.15, 0.2) is 5.65 Å². The number of hydrogen-bond acceptors (Lipinski definition) is 5. The van der Waals surface area contributed by atoms with Crippen LogP contribution < -0.4 is 4.90 Å². The minimum Gasteiger partial charge on any atom is -0.339 e. The summed E-state index contributed by atoms with van der Waals surface area (Å²) in [6, 6.07) is 5.65. The second-order valence-corrected chi connectivity index (χ2v) is 6.97. The van der Waals surface area contributed by atoms with Crippen molar-refractivity contribution in [3.05, 3.63) is 45.7 Å². The lowest BCUT2D eigenvalue weighted by Crippen LogP contribution is -2.49. The molecule has 3 aromatic heterocycles. The SMILES string of the molecule is O=C(Cc1ccsc1)N1CCN(c2nnc3ccc(Cl)cn23)CC1. The summed E-state index contributed by atoms with van der Waals surface area (Å²) in [4.78, 5) is 16.4. The number of carbonyl (C=O) groups excluding carboxylic acids is 1. The van der Waals surface area contributed by atoms with Crippen molar-refractivity contribution in [2.45, 2.75) is 6.42 Å². The van der Waals surface area contributed by atoms with Gasteiger partial charge in [0, 0.05) is 32.4 Å². The molecule has 0 aliphatic carbocycles. The Morgan fingerprint density at radius 1 is 1.17 bits per heavy atom. The molecule has 0 spiro atoms. The molecule has 3 aromatic rings. The summed E-state index contributed by atoms with van der Waals surface area (Å²) in [6.07, 6.45) is 2.30. The third-order valence-corrected chi connectivity index (χ3v) is 5.15. The molecule has 6 nitrogen and oxygen atoms in total. The first kappa shape index (κ1) is 15.4. The first-order valence-corrected chi connectivity index (χ1v) is 9.07. The number of aromatic nitrogens is 3. The van der Waals surface area contributed by atoms with Gasteiger partial charge in [-0.3, -0.25) is 9.20 Å². The van der Waals surface area contributed by atoms with E-state index >= 15 is 0 Å². The van der Waals surface area contributed by atoms with Crippen LogP contribution in [0.4, 0.5) is 5.95 Å². The van der Waals surface area contributed by atoms with E-state index in [1.54, 1.807) is 17.4 Å². The van der Waals surface area contributed by atoms with Gasteiger partial charge in [-0.2, -0.15) is 11.3 Å². The van der Waals surface area contributed by atoms with E-state index in [0.717, 1.165) is 30.2 Å². The first-order chi connectivity index (χ1) is 11.7. The number of nitrogens with zero attached hydrogens (tertiary/aromatic N) is 5. The summed E-state index contributed by atoms with van der Waals surface area (Å²) >= 11 is 7.69. The van der Waals surface area contributed by atoms with Crippen molar-refractivity contribution in [1.29, 1.82) is 0 Å². The monoisotopic (exact) mass is 361 g/mol. The minimum absolute atomic E-state index is 0.183. The summed E-state index contributed by atoms with van der Waals surface area (Å²) in [7, 11) is 0. The number of halogens is 1. The Labute approximate surface area is 148 Å². The zero-order valence-electron chi connectivity index (χ0n) is 12.9. The molecule has 4 heterocycles. The van der Waals surface area contributed by atoms with Crippen LogP contribution >= 0.6 is 22.9 Å². The number of carbonyl (C=O) groups is 1. The van der Waals surface area contributed by atoms with E-state index in [1.165, 1.54) is 0 Å². The van der Waals surface area contributed by atoms with E-state index in [4.69, 9.17) is 11.6 Å². The summed E-state index contributed by atoms with van der Waals surface area (Å²) in [5.41, 5.74) is 1.86. The molecule has 0 N–H and O–H groups in total. The molecule has 1 aliphatic heterocycles. The molecule has 0 bridgehead atoms. The Morgan fingerprint density at radius 2 is 2.00 bits per heavy atom. The first-order valence-electron chi connectivity index (χ1n) is 7.75. The van der Waals surface area contributed by atoms with Gasteiger partial charge in [-0.25, -0.2) is 0 Å². The largest absolute Gasteiger partial charge is 0.339 e. The average Bonchev–Trinajstić information content (AvgIpc) is 3.24. The number of amides is 1. The van der Waals surface area contributed by atoms with Gasteiger partial charge in [-0.1, -0.05) is 11.6 Å². The molecule has 8 heteroatoms. The quantitative estimate of drug-likeness (QED) is 0.718. The molecule has 1 aliphatic rings. The number of fused-ring (bicyclic) bond motifs is 1. The van der Waals surface area contributed by atoms with Gasteiger partial charge in [-0.05, 0) is 34.5 Å². The molecule has 0 atom stereocenters. The molecular formula is C16H16ClN5OS. The van der Waals surface area contributed by atoms with Crippen LogP contribution in [-0.4, -0.2) is 51.6 Å². The maximum atomic E-state index is 12.4. The van der Waals surface area contributed by atoms with Gasteiger partial charge in [0.05, 0.1) is 11.4 Å². The number of hydrogen-bond donors (Lipinski definition) is 0. The van der Waals surface area contributed by atoms with Crippen LogP contribution in [0.15, 0.2) is 35.2 Å². The highest BCUT2D eigenvalue weighted by molar-refractivity contribution is 7.08. The Balaban J connectivity index is 1.43. The van der Waals surface area contributed by atoms with E-state index in [1.807, 2.05) is 38.4 Å². The standard InChI is InChI=1S/C16H16ClN5OS/c17-13-1-2-14-18-19-16(22(14)10-13)21-6-4-20(5-7-21)15(23)9-12-3-8-24-11-12/h1-3,8,10-11H,4-7,9H2. The highest BCUT2D eigenvalue weighted by atomic mass is 35.5. The predicted molar refractivity (Wildman–Crippen MR) is 94.8 cm³/mol. The Morgan fingerprint density at radius 3 is 2.75 bits per heavy atom. The number of rotatable bonds is 3. The van der Waals surface area contributed by atoms with Crippen LogP contribution in [0.1, 0.15) is 5.56 Å². The normalized spacial score (nSPS) is 15.2. The fourth-order valence-electron chi connectivity index (χ4n) is 2.90. The highest BCUT2D eigenvalue weighted by Crippen LogP contribution is 2.19. The number of anilines is 1. The van der Waals surface area contributed by atoms with E-state index in [-0.39, 0.29) is 5.91 Å². The summed E-state index contributed by atoms with van der Waals surface area (Å²) in [5, 5.41) is 13.1. The maximum Gasteiger partial charge on any atom is 0.231 e. The van der Waals surface area contributed by atoms with E-state index in [9.17, 15) is 4.79 Å². The van der Waals surface area contributed by atoms with Crippen molar-refractivity contribution in [3.8, 4) is 0 Å². The van der Waals surface area contributed by atoms with Crippen LogP contribution in [0.25, 0.3) is 5.65 Å². The van der Waals surface area contributed by atoms with Gasteiger partial charge in [-0.15, -0.1) is 10.2 Å². The summed E-state index contributed by atoms with van der Waals surface area (Å²) in [6.45, 7) is 2.86. The fourth-order valence-corrected chi connectivity index (χ4v) is 3.73. The fraction of sp³-hybridized carbons (Fsp3) is 0.312. The summed E-state index contributed by atoms with van der Waals surface area (Å²) in [5.74, 6) is 0.958. The molecule has 0 unspecified atom stereocenters. The predicted octanol–water partition coefficient (Wildman–Crippen LogP) is 2.34. The Hall–Kier alpha value is -2.12. The van der Waals surface area contributed by atoms with Crippen LogP contribution in [0.3, 0.4) is 0 Å². The Bertz CT molecular complexity index is 855. The molecule has 1 fully saturated rings. The van der Waals surface area contributed by atoms with Crippen molar-refractivity contribution in [2.24, 2.45) is 0 Å². The minimum atomic E-state index is 0.183. The molecule has 0 saturated carbocycles. The molecule has 0 aromatic carbocycles. The zero-order valence-corrected chi connectivity index (χ0v) is 14.5. The van der Waals surface area contributed by atoms with Crippen molar-refractivity contribution < 1.29 is 4.79 Å². The van der Waals surface area contributed by atoms with Gasteiger partial charge in [0.2, 0.25) is 11.9 Å². The zero-order chi connectivity index (χ0) is 16.5. The second-order valence-electron chi connectivity index (χ2n) is 5.75. The molecule has 1 amide bonds.